The molecule has 3 rings (SSSR count). The van der Waals surface area contributed by atoms with Gasteiger partial charge in [-0.2, -0.15) is 0 Å². The zero-order chi connectivity index (χ0) is 15.0. The minimum absolute atomic E-state index is 0.199. The molecule has 3 fully saturated rings. The lowest BCUT2D eigenvalue weighted by Gasteiger charge is -2.58. The molecule has 0 N–H and O–H groups in total. The highest BCUT2D eigenvalue weighted by atomic mass is 28.2. The summed E-state index contributed by atoms with van der Waals surface area (Å²) in [6.07, 6.45) is 0. The van der Waals surface area contributed by atoms with E-state index in [-0.39, 0.29) is 12.6 Å². The van der Waals surface area contributed by atoms with E-state index in [1.807, 2.05) is 0 Å². The molecule has 0 amide bonds. The molecule has 3 aliphatic rings. The summed E-state index contributed by atoms with van der Waals surface area (Å²) in [5.74, 6) is -0.295. The van der Waals surface area contributed by atoms with Crippen molar-refractivity contribution in [2.75, 3.05) is 39.6 Å². The number of rotatable bonds is 12. The van der Waals surface area contributed by atoms with Crippen LogP contribution in [0.1, 0.15) is 0 Å². The number of carbonyl (C=O) groups is 1. The van der Waals surface area contributed by atoms with E-state index >= 15 is 0 Å². The fraction of sp³-hybridized carbons (Fsp3) is 0.900. The van der Waals surface area contributed by atoms with Crippen molar-refractivity contribution in [2.24, 2.45) is 5.11 Å². The van der Waals surface area contributed by atoms with Crippen molar-refractivity contribution in [2.45, 2.75) is 18.1 Å². The Bertz CT molecular complexity index is 387. The number of hydrogen-bond acceptors (Lipinski definition) is 8. The lowest BCUT2D eigenvalue weighted by atomic mass is 10.7. The average molecular weight is 319 g/mol. The molecule has 0 aromatic heterocycles. The monoisotopic (exact) mass is 319 g/mol. The second-order valence-corrected chi connectivity index (χ2v) is 6.09. The lowest BCUT2D eigenvalue weighted by molar-refractivity contribution is -0.703. The van der Waals surface area contributed by atoms with Crippen LogP contribution in [0.15, 0.2) is 5.11 Å². The summed E-state index contributed by atoms with van der Waals surface area (Å²) in [6.45, 7) is 1.46. The highest BCUT2D eigenvalue weighted by Gasteiger charge is 2.63. The predicted octanol–water partition coefficient (Wildman–Crippen LogP) is -0.568. The first kappa shape index (κ1) is 16.2. The van der Waals surface area contributed by atoms with Gasteiger partial charge in [0.05, 0.1) is 26.4 Å². The molecule has 3 heterocycles. The quantitative estimate of drug-likeness (QED) is 0.118. The SMILES string of the molecule is [N-]=[N+]=NCCOCCOCCOC(=O)C[SiH2]C12OC(O1)O2. The van der Waals surface area contributed by atoms with Gasteiger partial charge in [0.25, 0.3) is 12.1 Å². The van der Waals surface area contributed by atoms with Gasteiger partial charge in [0, 0.05) is 17.5 Å². The lowest BCUT2D eigenvalue weighted by Crippen LogP contribution is -2.74. The van der Waals surface area contributed by atoms with Gasteiger partial charge in [-0.25, -0.2) is 0 Å². The Kier molecular flexibility index (Phi) is 6.38. The van der Waals surface area contributed by atoms with E-state index in [1.54, 1.807) is 0 Å². The number of azide groups is 1. The first-order valence-corrected chi connectivity index (χ1v) is 8.30. The van der Waals surface area contributed by atoms with Crippen molar-refractivity contribution >= 4 is 15.5 Å². The van der Waals surface area contributed by atoms with Crippen molar-refractivity contribution in [1.82, 2.24) is 0 Å². The molecule has 0 spiro atoms. The first-order valence-electron chi connectivity index (χ1n) is 6.59. The van der Waals surface area contributed by atoms with Crippen LogP contribution < -0.4 is 0 Å². The standard InChI is InChI=1S/C10H17N3O7Si/c11-13-12-1-2-15-3-4-16-5-6-17-8(14)7-21-10-18-9(19-10)20-10/h9H,1-7,21H2. The predicted molar refractivity (Wildman–Crippen MR) is 69.7 cm³/mol. The molecular formula is C10H17N3O7Si. The number of hydrogen-bond donors (Lipinski definition) is 0. The van der Waals surface area contributed by atoms with Gasteiger partial charge in [-0.05, 0) is 5.53 Å². The second-order valence-electron chi connectivity index (χ2n) is 4.22. The van der Waals surface area contributed by atoms with Crippen LogP contribution in [0, 0.1) is 0 Å². The van der Waals surface area contributed by atoms with Crippen LogP contribution >= 0.6 is 0 Å². The molecule has 2 bridgehead atoms. The average Bonchev–Trinajstić information content (AvgIpc) is 2.38. The Morgan fingerprint density at radius 1 is 1.19 bits per heavy atom. The number of esters is 1. The Balaban J connectivity index is 1.32. The third-order valence-electron chi connectivity index (χ3n) is 2.72. The van der Waals surface area contributed by atoms with Crippen LogP contribution in [-0.2, 0) is 33.2 Å². The summed E-state index contributed by atoms with van der Waals surface area (Å²) in [7, 11) is -0.950. The molecular weight excluding hydrogens is 302 g/mol. The maximum Gasteiger partial charge on any atom is 0.302 e. The van der Waals surface area contributed by atoms with E-state index in [2.05, 4.69) is 10.0 Å². The summed E-state index contributed by atoms with van der Waals surface area (Å²) >= 11 is 0. The van der Waals surface area contributed by atoms with Gasteiger partial charge < -0.3 is 14.2 Å². The Morgan fingerprint density at radius 3 is 2.48 bits per heavy atom. The molecule has 0 radical (unpaired) electrons. The highest BCUT2D eigenvalue weighted by molar-refractivity contribution is 6.43. The Labute approximate surface area is 123 Å². The topological polar surface area (TPSA) is 121 Å². The summed E-state index contributed by atoms with van der Waals surface area (Å²) in [5.41, 5.74) is 7.18. The van der Waals surface area contributed by atoms with Crippen LogP contribution in [0.2, 0.25) is 6.04 Å². The molecule has 3 aliphatic heterocycles. The minimum Gasteiger partial charge on any atom is -0.463 e. The summed E-state index contributed by atoms with van der Waals surface area (Å²) in [5, 5.41) is 3.32. The highest BCUT2D eigenvalue weighted by Crippen LogP contribution is 2.44. The second kappa shape index (κ2) is 8.29. The smallest absolute Gasteiger partial charge is 0.302 e. The van der Waals surface area contributed by atoms with Gasteiger partial charge in [0.2, 0.25) is 0 Å². The minimum atomic E-state index is -0.950. The molecule has 0 saturated carbocycles. The number of nitrogens with zero attached hydrogens (tertiary/aromatic N) is 3. The van der Waals surface area contributed by atoms with E-state index in [4.69, 9.17) is 34.0 Å². The van der Waals surface area contributed by atoms with E-state index in [0.717, 1.165) is 0 Å². The molecule has 0 unspecified atom stereocenters. The van der Waals surface area contributed by atoms with Crippen molar-refractivity contribution in [1.29, 1.82) is 0 Å². The normalized spacial score (nSPS) is 26.0. The van der Waals surface area contributed by atoms with Crippen LogP contribution in [0.3, 0.4) is 0 Å². The largest absolute Gasteiger partial charge is 0.463 e. The van der Waals surface area contributed by atoms with Crippen LogP contribution in [0.5, 0.6) is 0 Å². The van der Waals surface area contributed by atoms with Gasteiger partial charge >= 0.3 is 5.97 Å². The Morgan fingerprint density at radius 2 is 1.86 bits per heavy atom. The van der Waals surface area contributed by atoms with Crippen molar-refractivity contribution in [3.63, 3.8) is 0 Å². The fourth-order valence-electron chi connectivity index (χ4n) is 1.66. The van der Waals surface area contributed by atoms with Crippen molar-refractivity contribution in [3.05, 3.63) is 10.4 Å². The van der Waals surface area contributed by atoms with E-state index in [1.165, 1.54) is 0 Å². The molecule has 10 nitrogen and oxygen atoms in total. The number of ether oxygens (including phenoxy) is 6. The molecule has 21 heavy (non-hydrogen) atoms. The third kappa shape index (κ3) is 5.25. The molecule has 118 valence electrons. The summed E-state index contributed by atoms with van der Waals surface area (Å²) in [6, 6.07) is 0.301. The number of carbonyl (C=O) groups excluding carboxylic acids is 1. The molecule has 0 aromatic carbocycles. The van der Waals surface area contributed by atoms with E-state index in [9.17, 15) is 4.79 Å². The molecule has 11 heteroatoms. The summed E-state index contributed by atoms with van der Waals surface area (Å²) < 4.78 is 30.7. The van der Waals surface area contributed by atoms with Crippen LogP contribution in [0.25, 0.3) is 10.4 Å². The molecule has 0 aromatic rings. The molecule has 3 saturated heterocycles. The maximum absolute atomic E-state index is 11.4. The van der Waals surface area contributed by atoms with Crippen molar-refractivity contribution in [3.8, 4) is 0 Å². The Hall–Kier alpha value is -1.20. The van der Waals surface area contributed by atoms with Gasteiger partial charge in [0.15, 0.2) is 0 Å². The van der Waals surface area contributed by atoms with Gasteiger partial charge in [-0.3, -0.25) is 19.0 Å². The zero-order valence-electron chi connectivity index (χ0n) is 11.4. The third-order valence-corrected chi connectivity index (χ3v) is 4.49. The van der Waals surface area contributed by atoms with Gasteiger partial charge in [-0.1, -0.05) is 5.11 Å². The van der Waals surface area contributed by atoms with Gasteiger partial charge in [-0.15, -0.1) is 0 Å². The molecule has 0 atom stereocenters. The van der Waals surface area contributed by atoms with Crippen LogP contribution in [-0.4, -0.2) is 67.1 Å². The first-order chi connectivity index (χ1) is 10.2. The maximum atomic E-state index is 11.4. The summed E-state index contributed by atoms with van der Waals surface area (Å²) in [4.78, 5) is 14.0. The van der Waals surface area contributed by atoms with Gasteiger partial charge in [0.1, 0.15) is 16.1 Å². The van der Waals surface area contributed by atoms with E-state index < -0.39 is 21.6 Å². The zero-order valence-corrected chi connectivity index (χ0v) is 12.8. The van der Waals surface area contributed by atoms with E-state index in [0.29, 0.717) is 39.0 Å². The fourth-order valence-corrected chi connectivity index (χ4v) is 3.07. The molecule has 0 aliphatic carbocycles. The van der Waals surface area contributed by atoms with Crippen LogP contribution in [0.4, 0.5) is 0 Å². The van der Waals surface area contributed by atoms with Crippen molar-refractivity contribution < 1.29 is 33.2 Å².